The number of nitrogens with one attached hydrogen (secondary N) is 1. The van der Waals surface area contributed by atoms with Crippen LogP contribution in [0.1, 0.15) is 32.3 Å². The third-order valence-electron chi connectivity index (χ3n) is 3.12. The fraction of sp³-hybridized carbons (Fsp3) is 0.538. The summed E-state index contributed by atoms with van der Waals surface area (Å²) >= 11 is 0. The van der Waals surface area contributed by atoms with Gasteiger partial charge in [0.2, 0.25) is 0 Å². The van der Waals surface area contributed by atoms with E-state index in [4.69, 9.17) is 0 Å². The maximum Gasteiger partial charge on any atom is 0.163 e. The Morgan fingerprint density at radius 1 is 1.24 bits per heavy atom. The molecule has 96 valence electrons. The number of hydrogen-bond donors (Lipinski definition) is 2. The maximum atomic E-state index is 13.3. The van der Waals surface area contributed by atoms with Crippen LogP contribution in [0.15, 0.2) is 18.2 Å². The van der Waals surface area contributed by atoms with Gasteiger partial charge in [-0.2, -0.15) is 0 Å². The maximum absolute atomic E-state index is 13.3. The highest BCUT2D eigenvalue weighted by Gasteiger charge is 2.21. The highest BCUT2D eigenvalue weighted by molar-refractivity contribution is 5.18. The molecule has 1 aromatic carbocycles. The van der Waals surface area contributed by atoms with Crippen molar-refractivity contribution in [2.24, 2.45) is 0 Å². The Morgan fingerprint density at radius 3 is 2.47 bits per heavy atom. The molecule has 2 nitrogen and oxygen atoms in total. The van der Waals surface area contributed by atoms with Crippen LogP contribution >= 0.6 is 0 Å². The van der Waals surface area contributed by atoms with Gasteiger partial charge < -0.3 is 10.4 Å². The topological polar surface area (TPSA) is 32.3 Å². The molecule has 0 unspecified atom stereocenters. The lowest BCUT2D eigenvalue weighted by atomic mass is 9.97. The minimum absolute atomic E-state index is 0.214. The summed E-state index contributed by atoms with van der Waals surface area (Å²) in [4.78, 5) is 0. The first-order valence-corrected chi connectivity index (χ1v) is 5.88. The van der Waals surface area contributed by atoms with Crippen molar-refractivity contribution in [2.75, 3.05) is 6.54 Å². The predicted octanol–water partition coefficient (Wildman–Crippen LogP) is 2.61. The lowest BCUT2D eigenvalue weighted by Gasteiger charge is -2.25. The summed E-state index contributed by atoms with van der Waals surface area (Å²) in [6.07, 6.45) is 1.25. The van der Waals surface area contributed by atoms with E-state index in [1.54, 1.807) is 0 Å². The molecule has 0 fully saturated rings. The van der Waals surface area contributed by atoms with Crippen molar-refractivity contribution in [3.8, 4) is 0 Å². The zero-order valence-corrected chi connectivity index (χ0v) is 10.3. The van der Waals surface area contributed by atoms with E-state index in [0.29, 0.717) is 19.4 Å². The van der Waals surface area contributed by atoms with Gasteiger partial charge in [0.25, 0.3) is 0 Å². The monoisotopic (exact) mass is 243 g/mol. The molecular weight excluding hydrogens is 224 g/mol. The van der Waals surface area contributed by atoms with E-state index in [2.05, 4.69) is 5.32 Å². The SMILES string of the molecule is CCC(O)(CC)CNCc1cccc(F)c1F. The smallest absolute Gasteiger partial charge is 0.163 e. The molecule has 0 amide bonds. The Labute approximate surface area is 101 Å². The normalized spacial score (nSPS) is 11.8. The fourth-order valence-corrected chi connectivity index (χ4v) is 1.61. The molecule has 0 spiro atoms. The van der Waals surface area contributed by atoms with Gasteiger partial charge in [0.15, 0.2) is 11.6 Å². The molecule has 2 N–H and O–H groups in total. The van der Waals surface area contributed by atoms with Crippen molar-refractivity contribution in [1.82, 2.24) is 5.32 Å². The van der Waals surface area contributed by atoms with E-state index in [1.165, 1.54) is 12.1 Å². The molecule has 1 aromatic rings. The second-order valence-electron chi connectivity index (χ2n) is 4.25. The first kappa shape index (κ1) is 14.1. The number of aliphatic hydroxyl groups is 1. The first-order chi connectivity index (χ1) is 8.02. The van der Waals surface area contributed by atoms with E-state index in [1.807, 2.05) is 13.8 Å². The number of hydrogen-bond acceptors (Lipinski definition) is 2. The van der Waals surface area contributed by atoms with Gasteiger partial charge in [0, 0.05) is 18.7 Å². The molecule has 0 aromatic heterocycles. The van der Waals surface area contributed by atoms with Gasteiger partial charge in [0.1, 0.15) is 0 Å². The summed E-state index contributed by atoms with van der Waals surface area (Å²) in [6.45, 7) is 4.38. The molecule has 0 aliphatic rings. The lowest BCUT2D eigenvalue weighted by Crippen LogP contribution is -2.39. The van der Waals surface area contributed by atoms with Gasteiger partial charge in [-0.3, -0.25) is 0 Å². The molecule has 4 heteroatoms. The largest absolute Gasteiger partial charge is 0.389 e. The second kappa shape index (κ2) is 6.07. The molecule has 0 saturated heterocycles. The average Bonchev–Trinajstić information content (AvgIpc) is 2.34. The Balaban J connectivity index is 2.54. The van der Waals surface area contributed by atoms with E-state index in [9.17, 15) is 13.9 Å². The van der Waals surface area contributed by atoms with E-state index >= 15 is 0 Å². The highest BCUT2D eigenvalue weighted by atomic mass is 19.2. The molecule has 0 saturated carbocycles. The van der Waals surface area contributed by atoms with Crippen molar-refractivity contribution >= 4 is 0 Å². The number of halogens is 2. The standard InChI is InChI=1S/C13H19F2NO/c1-3-13(17,4-2)9-16-8-10-6-5-7-11(14)12(10)15/h5-7,16-17H,3-4,8-9H2,1-2H3. The predicted molar refractivity (Wildman–Crippen MR) is 63.6 cm³/mol. The van der Waals surface area contributed by atoms with Crippen LogP contribution < -0.4 is 5.32 Å². The van der Waals surface area contributed by atoms with E-state index in [-0.39, 0.29) is 12.1 Å². The van der Waals surface area contributed by atoms with Crippen LogP contribution in [0.2, 0.25) is 0 Å². The van der Waals surface area contributed by atoms with E-state index in [0.717, 1.165) is 6.07 Å². The van der Waals surface area contributed by atoms with Crippen LogP contribution in [0, 0.1) is 11.6 Å². The molecule has 17 heavy (non-hydrogen) atoms. The van der Waals surface area contributed by atoms with E-state index < -0.39 is 17.2 Å². The summed E-state index contributed by atoms with van der Waals surface area (Å²) in [5.41, 5.74) is -0.497. The van der Waals surface area contributed by atoms with Crippen molar-refractivity contribution in [3.05, 3.63) is 35.4 Å². The molecule has 0 atom stereocenters. The Morgan fingerprint density at radius 2 is 1.88 bits per heavy atom. The zero-order valence-electron chi connectivity index (χ0n) is 10.3. The van der Waals surface area contributed by atoms with Gasteiger partial charge in [0.05, 0.1) is 5.60 Å². The Bertz CT molecular complexity index is 364. The van der Waals surface area contributed by atoms with Crippen LogP contribution in [0.4, 0.5) is 8.78 Å². The zero-order chi connectivity index (χ0) is 12.9. The first-order valence-electron chi connectivity index (χ1n) is 5.88. The van der Waals surface area contributed by atoms with Crippen LogP contribution in [0.3, 0.4) is 0 Å². The molecule has 0 heterocycles. The van der Waals surface area contributed by atoms with Crippen LogP contribution in [-0.2, 0) is 6.54 Å². The minimum Gasteiger partial charge on any atom is -0.389 e. The number of benzene rings is 1. The van der Waals surface area contributed by atoms with Crippen molar-refractivity contribution < 1.29 is 13.9 Å². The van der Waals surface area contributed by atoms with Gasteiger partial charge in [-0.05, 0) is 18.9 Å². The Kier molecular flexibility index (Phi) is 5.02. The summed E-state index contributed by atoms with van der Waals surface area (Å²) < 4.78 is 26.2. The average molecular weight is 243 g/mol. The third-order valence-corrected chi connectivity index (χ3v) is 3.12. The van der Waals surface area contributed by atoms with Crippen LogP contribution in [-0.4, -0.2) is 17.3 Å². The van der Waals surface area contributed by atoms with Gasteiger partial charge in [-0.15, -0.1) is 0 Å². The second-order valence-corrected chi connectivity index (χ2v) is 4.25. The van der Waals surface area contributed by atoms with Crippen molar-refractivity contribution in [2.45, 2.75) is 38.8 Å². The number of rotatable bonds is 6. The molecule has 0 radical (unpaired) electrons. The summed E-state index contributed by atoms with van der Waals surface area (Å²) in [6, 6.07) is 4.09. The summed E-state index contributed by atoms with van der Waals surface area (Å²) in [5.74, 6) is -1.66. The summed E-state index contributed by atoms with van der Waals surface area (Å²) in [5, 5.41) is 13.0. The molecule has 0 aliphatic heterocycles. The van der Waals surface area contributed by atoms with Gasteiger partial charge >= 0.3 is 0 Å². The molecule has 0 aliphatic carbocycles. The Hall–Kier alpha value is -1.00. The van der Waals surface area contributed by atoms with Crippen molar-refractivity contribution in [3.63, 3.8) is 0 Å². The highest BCUT2D eigenvalue weighted by Crippen LogP contribution is 2.14. The van der Waals surface area contributed by atoms with Gasteiger partial charge in [-0.1, -0.05) is 26.0 Å². The minimum atomic E-state index is -0.842. The quantitative estimate of drug-likeness (QED) is 0.805. The molecule has 0 bridgehead atoms. The lowest BCUT2D eigenvalue weighted by molar-refractivity contribution is 0.0322. The molecule has 1 rings (SSSR count). The fourth-order valence-electron chi connectivity index (χ4n) is 1.61. The third kappa shape index (κ3) is 3.75. The van der Waals surface area contributed by atoms with Crippen LogP contribution in [0.5, 0.6) is 0 Å². The molecular formula is C13H19F2NO. The summed E-state index contributed by atoms with van der Waals surface area (Å²) in [7, 11) is 0. The van der Waals surface area contributed by atoms with Crippen molar-refractivity contribution in [1.29, 1.82) is 0 Å². The van der Waals surface area contributed by atoms with Gasteiger partial charge in [-0.25, -0.2) is 8.78 Å². The van der Waals surface area contributed by atoms with Crippen LogP contribution in [0.25, 0.3) is 0 Å².